The van der Waals surface area contributed by atoms with Crippen LogP contribution in [0.2, 0.25) is 10.0 Å². The topological polar surface area (TPSA) is 97.3 Å². The lowest BCUT2D eigenvalue weighted by atomic mass is 10.2. The fourth-order valence-electron chi connectivity index (χ4n) is 3.75. The molecule has 212 valence electrons. The van der Waals surface area contributed by atoms with Gasteiger partial charge in [0.1, 0.15) is 13.2 Å². The van der Waals surface area contributed by atoms with Crippen LogP contribution in [0.25, 0.3) is 0 Å². The van der Waals surface area contributed by atoms with Gasteiger partial charge in [-0.3, -0.25) is 9.10 Å². The zero-order valence-electron chi connectivity index (χ0n) is 22.0. The van der Waals surface area contributed by atoms with Crippen LogP contribution in [-0.2, 0) is 21.4 Å². The number of benzene rings is 4. The average Bonchev–Trinajstić information content (AvgIpc) is 2.98. The van der Waals surface area contributed by atoms with E-state index in [4.69, 9.17) is 32.7 Å². The van der Waals surface area contributed by atoms with Crippen LogP contribution in [0.4, 0.5) is 5.69 Å². The van der Waals surface area contributed by atoms with E-state index in [-0.39, 0.29) is 20.6 Å². The third kappa shape index (κ3) is 8.00. The molecule has 0 spiro atoms. The summed E-state index contributed by atoms with van der Waals surface area (Å²) < 4.78 is 39.5. The first-order valence-corrected chi connectivity index (χ1v) is 14.8. The third-order valence-corrected chi connectivity index (χ3v) is 8.24. The molecule has 0 aromatic heterocycles. The molecule has 0 radical (unpaired) electrons. The van der Waals surface area contributed by atoms with Crippen molar-refractivity contribution in [3.8, 4) is 11.5 Å². The largest absolute Gasteiger partial charge is 0.490 e. The molecular weight excluding hydrogens is 585 g/mol. The van der Waals surface area contributed by atoms with Crippen molar-refractivity contribution in [3.63, 3.8) is 0 Å². The van der Waals surface area contributed by atoms with Gasteiger partial charge in [0, 0.05) is 0 Å². The summed E-state index contributed by atoms with van der Waals surface area (Å²) in [4.78, 5) is 12.9. The number of hydrogen-bond acceptors (Lipinski definition) is 6. The Bertz CT molecular complexity index is 1620. The van der Waals surface area contributed by atoms with Crippen LogP contribution in [0.15, 0.2) is 107 Å². The number of halogens is 2. The number of carbonyl (C=O) groups excluding carboxylic acids is 1. The van der Waals surface area contributed by atoms with Crippen molar-refractivity contribution >= 4 is 51.0 Å². The number of ether oxygens (including phenoxy) is 2. The Balaban J connectivity index is 1.48. The lowest BCUT2D eigenvalue weighted by Crippen LogP contribution is -2.39. The quantitative estimate of drug-likeness (QED) is 0.149. The second kappa shape index (κ2) is 14.0. The van der Waals surface area contributed by atoms with Gasteiger partial charge in [-0.2, -0.15) is 5.10 Å². The molecule has 0 aliphatic rings. The summed E-state index contributed by atoms with van der Waals surface area (Å²) in [6, 6.07) is 27.1. The van der Waals surface area contributed by atoms with E-state index in [0.717, 1.165) is 9.87 Å². The van der Waals surface area contributed by atoms with Crippen LogP contribution in [0.1, 0.15) is 18.1 Å². The molecule has 0 saturated carbocycles. The van der Waals surface area contributed by atoms with Gasteiger partial charge in [-0.1, -0.05) is 71.7 Å². The van der Waals surface area contributed by atoms with Crippen molar-refractivity contribution in [3.05, 3.63) is 118 Å². The van der Waals surface area contributed by atoms with Crippen molar-refractivity contribution in [2.24, 2.45) is 5.10 Å². The fourth-order valence-corrected chi connectivity index (χ4v) is 5.47. The number of hydrazone groups is 1. The summed E-state index contributed by atoms with van der Waals surface area (Å²) >= 11 is 12.2. The van der Waals surface area contributed by atoms with Gasteiger partial charge in [-0.15, -0.1) is 0 Å². The molecule has 1 N–H and O–H groups in total. The predicted molar refractivity (Wildman–Crippen MR) is 162 cm³/mol. The number of rotatable bonds is 12. The van der Waals surface area contributed by atoms with E-state index in [2.05, 4.69) is 10.5 Å². The molecule has 4 rings (SSSR count). The first kappa shape index (κ1) is 29.9. The molecule has 0 unspecified atom stereocenters. The molecule has 0 fully saturated rings. The lowest BCUT2D eigenvalue weighted by Gasteiger charge is -2.24. The van der Waals surface area contributed by atoms with E-state index in [1.54, 1.807) is 36.4 Å². The van der Waals surface area contributed by atoms with Crippen molar-refractivity contribution in [2.45, 2.75) is 18.4 Å². The highest BCUT2D eigenvalue weighted by Crippen LogP contribution is 2.31. The van der Waals surface area contributed by atoms with Crippen LogP contribution >= 0.6 is 23.2 Å². The molecule has 1 amide bonds. The van der Waals surface area contributed by atoms with Crippen LogP contribution in [0, 0.1) is 0 Å². The molecule has 8 nitrogen and oxygen atoms in total. The first-order chi connectivity index (χ1) is 19.8. The van der Waals surface area contributed by atoms with Crippen LogP contribution in [0.5, 0.6) is 11.5 Å². The standard InChI is InChI=1S/C30H27Cl2N3O5S/c1-2-39-29-17-23(13-16-28(29)40-21-22-9-5-3-6-10-22)19-33-34-30(36)20-35(24-14-15-26(31)27(32)18-24)41(37,38)25-11-7-4-8-12-25/h3-19H,2,20-21H2,1H3,(H,34,36). The second-order valence-electron chi connectivity index (χ2n) is 8.63. The van der Waals surface area contributed by atoms with Crippen LogP contribution in [-0.4, -0.2) is 33.7 Å². The van der Waals surface area contributed by atoms with Gasteiger partial charge in [0.2, 0.25) is 0 Å². The number of nitrogens with one attached hydrogen (secondary N) is 1. The number of anilines is 1. The fraction of sp³-hybridized carbons (Fsp3) is 0.133. The van der Waals surface area contributed by atoms with Gasteiger partial charge >= 0.3 is 0 Å². The van der Waals surface area contributed by atoms with Crippen molar-refractivity contribution < 1.29 is 22.7 Å². The molecular formula is C30H27Cl2N3O5S. The molecule has 0 heterocycles. The van der Waals surface area contributed by atoms with Gasteiger partial charge in [0.05, 0.1) is 33.4 Å². The minimum atomic E-state index is -4.11. The summed E-state index contributed by atoms with van der Waals surface area (Å²) in [5, 5.41) is 4.41. The number of hydrogen-bond donors (Lipinski definition) is 1. The Morgan fingerprint density at radius 2 is 1.59 bits per heavy atom. The Hall–Kier alpha value is -4.05. The number of amides is 1. The first-order valence-electron chi connectivity index (χ1n) is 12.6. The zero-order valence-corrected chi connectivity index (χ0v) is 24.4. The normalized spacial score (nSPS) is 11.3. The maximum atomic E-state index is 13.4. The predicted octanol–water partition coefficient (Wildman–Crippen LogP) is 6.32. The third-order valence-electron chi connectivity index (χ3n) is 5.72. The number of nitrogens with zero attached hydrogens (tertiary/aromatic N) is 2. The molecule has 4 aromatic carbocycles. The van der Waals surface area contributed by atoms with E-state index in [9.17, 15) is 13.2 Å². The second-order valence-corrected chi connectivity index (χ2v) is 11.3. The van der Waals surface area contributed by atoms with E-state index in [1.165, 1.54) is 36.5 Å². The maximum absolute atomic E-state index is 13.4. The minimum absolute atomic E-state index is 0.0143. The molecule has 0 bridgehead atoms. The molecule has 0 atom stereocenters. The van der Waals surface area contributed by atoms with Gasteiger partial charge in [0.15, 0.2) is 11.5 Å². The number of carbonyl (C=O) groups is 1. The Labute approximate surface area is 249 Å². The van der Waals surface area contributed by atoms with E-state index in [0.29, 0.717) is 30.3 Å². The molecule has 41 heavy (non-hydrogen) atoms. The molecule has 0 saturated heterocycles. The SMILES string of the molecule is CCOc1cc(C=NNC(=O)CN(c2ccc(Cl)c(Cl)c2)S(=O)(=O)c2ccccc2)ccc1OCc1ccccc1. The Kier molecular flexibility index (Phi) is 10.2. The Morgan fingerprint density at radius 1 is 0.878 bits per heavy atom. The van der Waals surface area contributed by atoms with Crippen LogP contribution < -0.4 is 19.2 Å². The summed E-state index contributed by atoms with van der Waals surface area (Å²) in [6.07, 6.45) is 1.43. The molecule has 0 aliphatic carbocycles. The summed E-state index contributed by atoms with van der Waals surface area (Å²) in [5.74, 6) is 0.429. The van der Waals surface area contributed by atoms with Gasteiger partial charge in [0.25, 0.3) is 15.9 Å². The molecule has 0 aliphatic heterocycles. The van der Waals surface area contributed by atoms with Crippen molar-refractivity contribution in [1.29, 1.82) is 0 Å². The molecule has 11 heteroatoms. The zero-order chi connectivity index (χ0) is 29.2. The minimum Gasteiger partial charge on any atom is -0.490 e. The smallest absolute Gasteiger partial charge is 0.264 e. The highest BCUT2D eigenvalue weighted by atomic mass is 35.5. The molecule has 4 aromatic rings. The van der Waals surface area contributed by atoms with Gasteiger partial charge in [-0.05, 0) is 66.6 Å². The lowest BCUT2D eigenvalue weighted by molar-refractivity contribution is -0.119. The van der Waals surface area contributed by atoms with E-state index < -0.39 is 22.5 Å². The van der Waals surface area contributed by atoms with Crippen LogP contribution in [0.3, 0.4) is 0 Å². The van der Waals surface area contributed by atoms with Crippen molar-refractivity contribution in [1.82, 2.24) is 5.43 Å². The summed E-state index contributed by atoms with van der Waals surface area (Å²) in [7, 11) is -4.11. The van der Waals surface area contributed by atoms with E-state index >= 15 is 0 Å². The van der Waals surface area contributed by atoms with Gasteiger partial charge < -0.3 is 9.47 Å². The Morgan fingerprint density at radius 3 is 2.27 bits per heavy atom. The maximum Gasteiger partial charge on any atom is 0.264 e. The summed E-state index contributed by atoms with van der Waals surface area (Å²) in [5.41, 5.74) is 4.22. The monoisotopic (exact) mass is 611 g/mol. The van der Waals surface area contributed by atoms with Crippen molar-refractivity contribution in [2.75, 3.05) is 17.5 Å². The van der Waals surface area contributed by atoms with E-state index in [1.807, 2.05) is 37.3 Å². The number of sulfonamides is 1. The summed E-state index contributed by atoms with van der Waals surface area (Å²) in [6.45, 7) is 2.12. The highest BCUT2D eigenvalue weighted by Gasteiger charge is 2.27. The van der Waals surface area contributed by atoms with Gasteiger partial charge in [-0.25, -0.2) is 13.8 Å². The average molecular weight is 613 g/mol. The highest BCUT2D eigenvalue weighted by molar-refractivity contribution is 7.92.